The van der Waals surface area contributed by atoms with E-state index >= 15 is 0 Å². The summed E-state index contributed by atoms with van der Waals surface area (Å²) in [6.45, 7) is 4.00. The van der Waals surface area contributed by atoms with Crippen molar-refractivity contribution < 1.29 is 9.50 Å². The van der Waals surface area contributed by atoms with E-state index in [1.165, 1.54) is 12.1 Å². The Morgan fingerprint density at radius 3 is 2.20 bits per heavy atom. The molecule has 0 heterocycles. The van der Waals surface area contributed by atoms with Crippen LogP contribution in [0.3, 0.4) is 0 Å². The first-order valence-corrected chi connectivity index (χ1v) is 5.42. The summed E-state index contributed by atoms with van der Waals surface area (Å²) in [7, 11) is 1.00. The molecule has 0 atom stereocenters. The van der Waals surface area contributed by atoms with Gasteiger partial charge in [0.05, 0.1) is 0 Å². The lowest BCUT2D eigenvalue weighted by atomic mass is 10.2. The van der Waals surface area contributed by atoms with Gasteiger partial charge in [0.1, 0.15) is 11.0 Å². The normalized spacial score (nSPS) is 7.93. The van der Waals surface area contributed by atoms with Gasteiger partial charge in [0, 0.05) is 17.1 Å². The van der Waals surface area contributed by atoms with Crippen LogP contribution in [-0.2, 0) is 0 Å². The molecule has 2 N–H and O–H groups in total. The molecule has 0 aliphatic heterocycles. The maximum absolute atomic E-state index is 12.8. The van der Waals surface area contributed by atoms with E-state index < -0.39 is 5.82 Å². The van der Waals surface area contributed by atoms with Gasteiger partial charge < -0.3 is 5.11 Å². The maximum atomic E-state index is 12.8. The molecule has 0 aromatic heterocycles. The van der Waals surface area contributed by atoms with Gasteiger partial charge in [0.2, 0.25) is 0 Å². The number of rotatable bonds is 1. The largest absolute Gasteiger partial charge is 0.400 e. The second kappa shape index (κ2) is 10.1. The number of hydrogen-bond donors (Lipinski definition) is 2. The fourth-order valence-electron chi connectivity index (χ4n) is 0.667. The fourth-order valence-corrected chi connectivity index (χ4v) is 1.15. The molecule has 2 nitrogen and oxygen atoms in total. The predicted octanol–water partition coefficient (Wildman–Crippen LogP) is 3.79. The van der Waals surface area contributed by atoms with Gasteiger partial charge in [0.15, 0.2) is 0 Å². The van der Waals surface area contributed by atoms with E-state index in [9.17, 15) is 4.39 Å². The third-order valence-electron chi connectivity index (χ3n) is 1.17. The lowest BCUT2D eigenvalue weighted by Crippen LogP contribution is -1.93. The third-order valence-corrected chi connectivity index (χ3v) is 1.86. The van der Waals surface area contributed by atoms with Gasteiger partial charge in [-0.05, 0) is 18.2 Å². The Bertz CT molecular complexity index is 307. The Kier molecular flexibility index (Phi) is 11.4. The van der Waals surface area contributed by atoms with Crippen LogP contribution in [0.4, 0.5) is 4.39 Å². The first kappa shape index (κ1) is 17.0. The Hall–Kier alpha value is -0.450. The molecule has 1 rings (SSSR count). The minimum absolute atomic E-state index is 0.120. The number of benzene rings is 1. The van der Waals surface area contributed by atoms with Gasteiger partial charge in [-0.15, -0.1) is 0 Å². The molecule has 15 heavy (non-hydrogen) atoms. The highest BCUT2D eigenvalue weighted by atomic mass is 79.9. The van der Waals surface area contributed by atoms with Gasteiger partial charge in [-0.2, -0.15) is 0 Å². The van der Waals surface area contributed by atoms with Crippen molar-refractivity contribution in [3.05, 3.63) is 34.1 Å². The number of halogens is 3. The Morgan fingerprint density at radius 1 is 1.40 bits per heavy atom. The molecular formula is C10H14BrClFNO. The topological polar surface area (TPSA) is 44.1 Å². The molecule has 1 aromatic rings. The molecule has 0 aliphatic carbocycles. The van der Waals surface area contributed by atoms with Crippen molar-refractivity contribution in [1.82, 2.24) is 0 Å². The summed E-state index contributed by atoms with van der Waals surface area (Å²) in [5.41, 5.74) is 0.120. The summed E-state index contributed by atoms with van der Waals surface area (Å²) in [5.74, 6) is -0.487. The first-order valence-electron chi connectivity index (χ1n) is 4.25. The molecule has 0 bridgehead atoms. The van der Waals surface area contributed by atoms with E-state index in [2.05, 4.69) is 15.9 Å². The molecule has 0 spiro atoms. The van der Waals surface area contributed by atoms with Crippen LogP contribution in [-0.4, -0.2) is 17.4 Å². The maximum Gasteiger partial charge on any atom is 0.134 e. The Labute approximate surface area is 103 Å². The second-order valence-corrected chi connectivity index (χ2v) is 3.23. The molecule has 1 aromatic carbocycles. The molecule has 5 heteroatoms. The van der Waals surface area contributed by atoms with Crippen LogP contribution in [0, 0.1) is 11.2 Å². The molecule has 0 saturated heterocycles. The highest BCUT2D eigenvalue weighted by molar-refractivity contribution is 9.10. The Morgan fingerprint density at radius 2 is 1.87 bits per heavy atom. The number of nitrogens with one attached hydrogen (secondary N) is 1. The fraction of sp³-hybridized carbons (Fsp3) is 0.300. The van der Waals surface area contributed by atoms with Crippen LogP contribution in [0.15, 0.2) is 22.7 Å². The summed E-state index contributed by atoms with van der Waals surface area (Å²) < 4.78 is 13.5. The summed E-state index contributed by atoms with van der Waals surface area (Å²) in [6.07, 6.45) is 0. The van der Waals surface area contributed by atoms with Gasteiger partial charge >= 0.3 is 0 Å². The highest BCUT2D eigenvalue weighted by Crippen LogP contribution is 2.16. The molecule has 0 unspecified atom stereocenters. The van der Waals surface area contributed by atoms with E-state index in [1.807, 2.05) is 13.8 Å². The molecule has 0 radical (unpaired) electrons. The van der Waals surface area contributed by atoms with Gasteiger partial charge in [-0.25, -0.2) is 4.39 Å². The predicted molar refractivity (Wildman–Crippen MR) is 66.3 cm³/mol. The van der Waals surface area contributed by atoms with E-state index in [4.69, 9.17) is 22.1 Å². The zero-order valence-corrected chi connectivity index (χ0v) is 11.2. The monoisotopic (exact) mass is 297 g/mol. The van der Waals surface area contributed by atoms with Crippen molar-refractivity contribution >= 4 is 32.7 Å². The first-order chi connectivity index (χ1) is 7.11. The molecule has 86 valence electrons. The zero-order valence-electron chi connectivity index (χ0n) is 8.81. The molecule has 0 fully saturated rings. The van der Waals surface area contributed by atoms with Gasteiger partial charge in [-0.3, -0.25) is 5.41 Å². The minimum atomic E-state index is -0.487. The van der Waals surface area contributed by atoms with Crippen LogP contribution in [0.1, 0.15) is 19.4 Å². The van der Waals surface area contributed by atoms with Crippen molar-refractivity contribution in [3.63, 3.8) is 0 Å². The molecule has 0 saturated carbocycles. The van der Waals surface area contributed by atoms with Crippen molar-refractivity contribution in [3.8, 4) is 0 Å². The summed E-state index contributed by atoms with van der Waals surface area (Å²) in [4.78, 5) is 0. The van der Waals surface area contributed by atoms with Crippen LogP contribution in [0.2, 0.25) is 0 Å². The van der Waals surface area contributed by atoms with Gasteiger partial charge in [0.25, 0.3) is 0 Å². The van der Waals surface area contributed by atoms with Crippen LogP contribution in [0.5, 0.6) is 0 Å². The average molecular weight is 299 g/mol. The molecule has 0 aliphatic rings. The van der Waals surface area contributed by atoms with Crippen LogP contribution in [0.25, 0.3) is 0 Å². The average Bonchev–Trinajstić information content (AvgIpc) is 2.23. The zero-order chi connectivity index (χ0) is 12.4. The van der Waals surface area contributed by atoms with E-state index in [0.29, 0.717) is 4.47 Å². The third kappa shape index (κ3) is 6.60. The second-order valence-electron chi connectivity index (χ2n) is 1.94. The standard InChI is InChI=1S/C7H4BrClFN.C2H6.CH4O/c8-4-1-2-5(7(9)11)6(10)3-4;2*1-2/h1-3,11H;1-2H3;2H,1H3. The summed E-state index contributed by atoms with van der Waals surface area (Å²) >= 11 is 8.38. The molecular weight excluding hydrogens is 284 g/mol. The lowest BCUT2D eigenvalue weighted by Gasteiger charge is -1.97. The van der Waals surface area contributed by atoms with Crippen molar-refractivity contribution in [2.45, 2.75) is 13.8 Å². The number of aliphatic hydroxyl groups is 1. The van der Waals surface area contributed by atoms with E-state index in [0.717, 1.165) is 7.11 Å². The van der Waals surface area contributed by atoms with E-state index in [1.54, 1.807) is 6.07 Å². The minimum Gasteiger partial charge on any atom is -0.400 e. The van der Waals surface area contributed by atoms with Crippen molar-refractivity contribution in [2.24, 2.45) is 0 Å². The number of hydrogen-bond acceptors (Lipinski definition) is 2. The van der Waals surface area contributed by atoms with Gasteiger partial charge in [-0.1, -0.05) is 41.4 Å². The molecule has 0 amide bonds. The van der Waals surface area contributed by atoms with Crippen molar-refractivity contribution in [2.75, 3.05) is 7.11 Å². The highest BCUT2D eigenvalue weighted by Gasteiger charge is 2.04. The number of aliphatic hydroxyl groups excluding tert-OH is 1. The van der Waals surface area contributed by atoms with E-state index in [-0.39, 0.29) is 10.7 Å². The SMILES string of the molecule is CC.CO.N=C(Cl)c1ccc(Br)cc1F. The van der Waals surface area contributed by atoms with Crippen LogP contribution >= 0.6 is 27.5 Å². The lowest BCUT2D eigenvalue weighted by molar-refractivity contribution is 0.399. The van der Waals surface area contributed by atoms with Crippen molar-refractivity contribution in [1.29, 1.82) is 5.41 Å². The smallest absolute Gasteiger partial charge is 0.134 e. The Balaban J connectivity index is 0. The summed E-state index contributed by atoms with van der Waals surface area (Å²) in [6, 6.07) is 4.36. The summed E-state index contributed by atoms with van der Waals surface area (Å²) in [5, 5.41) is 13.7. The quantitative estimate of drug-likeness (QED) is 0.761. The van der Waals surface area contributed by atoms with Crippen LogP contribution < -0.4 is 0 Å².